The lowest BCUT2D eigenvalue weighted by molar-refractivity contribution is 0.584. The fourth-order valence-corrected chi connectivity index (χ4v) is 2.50. The molecule has 1 N–H and O–H groups in total. The summed E-state index contributed by atoms with van der Waals surface area (Å²) >= 11 is 5.72. The minimum atomic E-state index is -3.66. The average molecular weight is 309 g/mol. The molecule has 0 fully saturated rings. The van der Waals surface area contributed by atoms with Crippen LogP contribution in [0.4, 0.5) is 0 Å². The van der Waals surface area contributed by atoms with Crippen LogP contribution in [0.15, 0.2) is 58.5 Å². The highest BCUT2D eigenvalue weighted by Crippen LogP contribution is 2.13. The van der Waals surface area contributed by atoms with Gasteiger partial charge in [-0.15, -0.1) is 0 Å². The van der Waals surface area contributed by atoms with Crippen LogP contribution in [0, 0.1) is 6.92 Å². The van der Waals surface area contributed by atoms with Gasteiger partial charge in [0, 0.05) is 5.02 Å². The lowest BCUT2D eigenvalue weighted by atomic mass is 10.2. The molecule has 20 heavy (non-hydrogen) atoms. The van der Waals surface area contributed by atoms with Gasteiger partial charge in [0.25, 0.3) is 10.0 Å². The molecule has 0 atom stereocenters. The summed E-state index contributed by atoms with van der Waals surface area (Å²) in [6.07, 6.45) is 1.46. The number of benzene rings is 2. The van der Waals surface area contributed by atoms with Crippen LogP contribution in [0.3, 0.4) is 0 Å². The number of aryl methyl sites for hydroxylation is 1. The molecule has 104 valence electrons. The van der Waals surface area contributed by atoms with E-state index in [1.165, 1.54) is 30.5 Å². The zero-order valence-electron chi connectivity index (χ0n) is 10.7. The molecule has 0 bridgehead atoms. The highest BCUT2D eigenvalue weighted by Gasteiger charge is 2.11. The van der Waals surface area contributed by atoms with Crippen molar-refractivity contribution in [3.05, 3.63) is 64.7 Å². The summed E-state index contributed by atoms with van der Waals surface area (Å²) in [7, 11) is -3.66. The molecule has 0 aromatic heterocycles. The van der Waals surface area contributed by atoms with E-state index in [-0.39, 0.29) is 4.90 Å². The van der Waals surface area contributed by atoms with Crippen LogP contribution >= 0.6 is 11.6 Å². The van der Waals surface area contributed by atoms with Crippen molar-refractivity contribution in [1.82, 2.24) is 4.83 Å². The third-order valence-corrected chi connectivity index (χ3v) is 4.04. The van der Waals surface area contributed by atoms with E-state index in [4.69, 9.17) is 11.6 Å². The Balaban J connectivity index is 2.11. The quantitative estimate of drug-likeness (QED) is 0.697. The van der Waals surface area contributed by atoms with Gasteiger partial charge < -0.3 is 0 Å². The molecule has 0 aliphatic rings. The van der Waals surface area contributed by atoms with Crippen molar-refractivity contribution in [1.29, 1.82) is 0 Å². The van der Waals surface area contributed by atoms with Crippen LogP contribution in [-0.4, -0.2) is 14.6 Å². The fraction of sp³-hybridized carbons (Fsp3) is 0.0714. The number of sulfonamides is 1. The number of rotatable bonds is 4. The highest BCUT2D eigenvalue weighted by atomic mass is 35.5. The maximum Gasteiger partial charge on any atom is 0.276 e. The summed E-state index contributed by atoms with van der Waals surface area (Å²) in [5, 5.41) is 4.24. The Morgan fingerprint density at radius 3 is 2.50 bits per heavy atom. The molecule has 0 amide bonds. The van der Waals surface area contributed by atoms with Crippen molar-refractivity contribution in [2.45, 2.75) is 11.8 Å². The SMILES string of the molecule is Cc1cccc(/C=N/NS(=O)(=O)c2ccc(Cl)cc2)c1. The second-order valence-corrected chi connectivity index (χ2v) is 6.32. The predicted octanol–water partition coefficient (Wildman–Crippen LogP) is 2.96. The van der Waals surface area contributed by atoms with Gasteiger partial charge in [0.05, 0.1) is 11.1 Å². The number of nitrogens with zero attached hydrogens (tertiary/aromatic N) is 1. The van der Waals surface area contributed by atoms with Crippen LogP contribution < -0.4 is 4.83 Å². The van der Waals surface area contributed by atoms with Crippen LogP contribution in [0.5, 0.6) is 0 Å². The van der Waals surface area contributed by atoms with E-state index in [1.807, 2.05) is 31.2 Å². The van der Waals surface area contributed by atoms with Gasteiger partial charge >= 0.3 is 0 Å². The summed E-state index contributed by atoms with van der Waals surface area (Å²) < 4.78 is 23.9. The van der Waals surface area contributed by atoms with Crippen molar-refractivity contribution in [2.75, 3.05) is 0 Å². The molecule has 0 saturated carbocycles. The van der Waals surface area contributed by atoms with Crippen LogP contribution in [0.25, 0.3) is 0 Å². The second kappa shape index (κ2) is 6.07. The summed E-state index contributed by atoms with van der Waals surface area (Å²) in [5.41, 5.74) is 1.90. The monoisotopic (exact) mass is 308 g/mol. The standard InChI is InChI=1S/C14H13ClN2O2S/c1-11-3-2-4-12(9-11)10-16-17-20(18,19)14-7-5-13(15)6-8-14/h2-10,17H,1H3/b16-10+. The molecular weight excluding hydrogens is 296 g/mol. The molecule has 0 aliphatic carbocycles. The summed E-state index contributed by atoms with van der Waals surface area (Å²) in [5.74, 6) is 0. The van der Waals surface area contributed by atoms with Crippen molar-refractivity contribution in [2.24, 2.45) is 5.10 Å². The first-order chi connectivity index (χ1) is 9.47. The molecule has 2 rings (SSSR count). The Morgan fingerprint density at radius 2 is 1.85 bits per heavy atom. The lowest BCUT2D eigenvalue weighted by Gasteiger charge is -2.03. The average Bonchev–Trinajstić information content (AvgIpc) is 2.39. The zero-order valence-corrected chi connectivity index (χ0v) is 12.3. The minimum absolute atomic E-state index is 0.114. The first-order valence-electron chi connectivity index (χ1n) is 5.84. The third kappa shape index (κ3) is 3.82. The molecular formula is C14H13ClN2O2S. The normalized spacial score (nSPS) is 11.7. The van der Waals surface area contributed by atoms with Gasteiger partial charge in [-0.1, -0.05) is 41.4 Å². The largest absolute Gasteiger partial charge is 0.276 e. The molecule has 6 heteroatoms. The zero-order chi connectivity index (χ0) is 14.6. The van der Waals surface area contributed by atoms with E-state index in [0.717, 1.165) is 11.1 Å². The van der Waals surface area contributed by atoms with Crippen molar-refractivity contribution in [3.63, 3.8) is 0 Å². The van der Waals surface area contributed by atoms with E-state index >= 15 is 0 Å². The Bertz CT molecular complexity index is 725. The number of hydrogen-bond donors (Lipinski definition) is 1. The smallest absolute Gasteiger partial charge is 0.200 e. The fourth-order valence-electron chi connectivity index (χ4n) is 1.59. The van der Waals surface area contributed by atoms with E-state index < -0.39 is 10.0 Å². The minimum Gasteiger partial charge on any atom is -0.200 e. The van der Waals surface area contributed by atoms with Gasteiger partial charge in [0.2, 0.25) is 0 Å². The van der Waals surface area contributed by atoms with Crippen LogP contribution in [0.2, 0.25) is 5.02 Å². The summed E-state index contributed by atoms with van der Waals surface area (Å²) in [6.45, 7) is 1.95. The van der Waals surface area contributed by atoms with Gasteiger partial charge in [-0.25, -0.2) is 4.83 Å². The molecule has 0 aliphatic heterocycles. The summed E-state index contributed by atoms with van der Waals surface area (Å²) in [4.78, 5) is 2.28. The maximum absolute atomic E-state index is 11.9. The van der Waals surface area contributed by atoms with Crippen LogP contribution in [0.1, 0.15) is 11.1 Å². The lowest BCUT2D eigenvalue weighted by Crippen LogP contribution is -2.18. The molecule has 2 aromatic rings. The molecule has 0 heterocycles. The Kier molecular flexibility index (Phi) is 4.42. The van der Waals surface area contributed by atoms with Gasteiger partial charge in [0.1, 0.15) is 0 Å². The molecule has 2 aromatic carbocycles. The molecule has 0 radical (unpaired) electrons. The van der Waals surface area contributed by atoms with Gasteiger partial charge in [-0.3, -0.25) is 0 Å². The second-order valence-electron chi connectivity index (χ2n) is 4.22. The molecule has 0 spiro atoms. The Hall–Kier alpha value is -1.85. The van der Waals surface area contributed by atoms with Gasteiger partial charge in [-0.2, -0.15) is 13.5 Å². The first kappa shape index (κ1) is 14.6. The predicted molar refractivity (Wildman–Crippen MR) is 80.5 cm³/mol. The number of hydrazone groups is 1. The molecule has 0 unspecified atom stereocenters. The molecule has 0 saturated heterocycles. The van der Waals surface area contributed by atoms with E-state index in [1.54, 1.807) is 0 Å². The van der Waals surface area contributed by atoms with Crippen LogP contribution in [-0.2, 0) is 10.0 Å². The maximum atomic E-state index is 11.9. The number of halogens is 1. The molecule has 4 nitrogen and oxygen atoms in total. The highest BCUT2D eigenvalue weighted by molar-refractivity contribution is 7.89. The Labute approximate surface area is 123 Å². The first-order valence-corrected chi connectivity index (χ1v) is 7.70. The summed E-state index contributed by atoms with van der Waals surface area (Å²) in [6, 6.07) is 13.5. The van der Waals surface area contributed by atoms with E-state index in [9.17, 15) is 8.42 Å². The van der Waals surface area contributed by atoms with Crippen molar-refractivity contribution in [3.8, 4) is 0 Å². The van der Waals surface area contributed by atoms with E-state index in [2.05, 4.69) is 9.93 Å². The number of nitrogens with one attached hydrogen (secondary N) is 1. The number of hydrogen-bond acceptors (Lipinski definition) is 3. The van der Waals surface area contributed by atoms with E-state index in [0.29, 0.717) is 5.02 Å². The topological polar surface area (TPSA) is 58.5 Å². The van der Waals surface area contributed by atoms with Gasteiger partial charge in [0.15, 0.2) is 0 Å². The van der Waals surface area contributed by atoms with Gasteiger partial charge in [-0.05, 0) is 36.8 Å². The Morgan fingerprint density at radius 1 is 1.15 bits per heavy atom. The van der Waals surface area contributed by atoms with Crippen molar-refractivity contribution < 1.29 is 8.42 Å². The third-order valence-electron chi connectivity index (χ3n) is 2.55. The van der Waals surface area contributed by atoms with Crippen molar-refractivity contribution >= 4 is 27.8 Å².